The number of methoxy groups -OCH3 is 1. The Kier molecular flexibility index (Phi) is 10.9. The molecular weight excluding hydrogens is 506 g/mol. The number of ether oxygens (including phenoxy) is 1. The summed E-state index contributed by atoms with van der Waals surface area (Å²) in [5.41, 5.74) is 7.09. The van der Waals surface area contributed by atoms with E-state index in [-0.39, 0.29) is 23.1 Å². The number of ketones is 1. The second-order valence-corrected chi connectivity index (χ2v) is 12.7. The van der Waals surface area contributed by atoms with Crippen molar-refractivity contribution in [2.24, 2.45) is 5.92 Å². The van der Waals surface area contributed by atoms with E-state index in [2.05, 4.69) is 72.3 Å². The van der Waals surface area contributed by atoms with Gasteiger partial charge < -0.3 is 14.6 Å². The Hall–Kier alpha value is -2.51. The highest BCUT2D eigenvalue weighted by Gasteiger charge is 2.26. The molecular formula is C32H47N3O3S. The van der Waals surface area contributed by atoms with Crippen molar-refractivity contribution in [1.82, 2.24) is 9.47 Å². The number of Topliss-reactive ketones (excluding diaryl/α,β-unsaturated/α-hetero) is 1. The molecule has 3 rings (SSSR count). The Morgan fingerprint density at radius 1 is 1.26 bits per heavy atom. The van der Waals surface area contributed by atoms with Gasteiger partial charge in [-0.2, -0.15) is 0 Å². The molecule has 2 aromatic rings. The number of carbonyl (C=O) groups excluding carboxylic acids is 2. The van der Waals surface area contributed by atoms with Gasteiger partial charge in [-0.15, -0.1) is 11.8 Å². The summed E-state index contributed by atoms with van der Waals surface area (Å²) in [7, 11) is 1.66. The number of hydrogen-bond donors (Lipinski definition) is 1. The SMILES string of the molecule is CCC=CSCc1c(CCCN(CC(C)=O)C(C)(C)C)cn2c1-c1cc(NC(=O)C(C)C)c(OC)cc1CC2. The number of fused-ring (bicyclic) bond motifs is 3. The molecule has 0 unspecified atom stereocenters. The van der Waals surface area contributed by atoms with Crippen molar-refractivity contribution in [2.45, 2.75) is 92.0 Å². The Morgan fingerprint density at radius 3 is 2.62 bits per heavy atom. The minimum atomic E-state index is -0.116. The maximum absolute atomic E-state index is 12.6. The lowest BCUT2D eigenvalue weighted by molar-refractivity contribution is -0.119. The first kappa shape index (κ1) is 31.0. The van der Waals surface area contributed by atoms with Crippen LogP contribution in [0.3, 0.4) is 0 Å². The zero-order valence-corrected chi connectivity index (χ0v) is 26.0. The van der Waals surface area contributed by atoms with Crippen LogP contribution < -0.4 is 10.1 Å². The van der Waals surface area contributed by atoms with E-state index in [0.717, 1.165) is 50.2 Å². The van der Waals surface area contributed by atoms with Crippen LogP contribution in [-0.4, -0.2) is 46.9 Å². The molecule has 1 aliphatic rings. The summed E-state index contributed by atoms with van der Waals surface area (Å²) in [5, 5.41) is 5.28. The van der Waals surface area contributed by atoms with Crippen molar-refractivity contribution in [3.05, 3.63) is 46.5 Å². The van der Waals surface area contributed by atoms with E-state index in [4.69, 9.17) is 4.74 Å². The molecule has 0 saturated heterocycles. The number of carbonyl (C=O) groups is 2. The number of amides is 1. The van der Waals surface area contributed by atoms with Crippen molar-refractivity contribution < 1.29 is 14.3 Å². The minimum absolute atomic E-state index is 0.0189. The number of allylic oxidation sites excluding steroid dienone is 1. The van der Waals surface area contributed by atoms with Crippen LogP contribution in [0.25, 0.3) is 11.3 Å². The molecule has 0 atom stereocenters. The normalized spacial score (nSPS) is 13.2. The van der Waals surface area contributed by atoms with Crippen LogP contribution in [0.5, 0.6) is 5.75 Å². The molecule has 1 amide bonds. The largest absolute Gasteiger partial charge is 0.495 e. The van der Waals surface area contributed by atoms with Gasteiger partial charge in [0.1, 0.15) is 11.5 Å². The monoisotopic (exact) mass is 553 g/mol. The number of aryl methyl sites for hydroxylation is 3. The highest BCUT2D eigenvalue weighted by Crippen LogP contribution is 2.42. The minimum Gasteiger partial charge on any atom is -0.495 e. The summed E-state index contributed by atoms with van der Waals surface area (Å²) in [6.45, 7) is 16.4. The molecule has 39 heavy (non-hydrogen) atoms. The number of rotatable bonds is 13. The number of benzene rings is 1. The molecule has 0 fully saturated rings. The molecule has 0 saturated carbocycles. The zero-order chi connectivity index (χ0) is 28.7. The summed E-state index contributed by atoms with van der Waals surface area (Å²) in [4.78, 5) is 26.8. The highest BCUT2D eigenvalue weighted by molar-refractivity contribution is 8.01. The second-order valence-electron chi connectivity index (χ2n) is 11.8. The van der Waals surface area contributed by atoms with E-state index in [1.54, 1.807) is 14.0 Å². The molecule has 0 radical (unpaired) electrons. The molecule has 0 bridgehead atoms. The third-order valence-electron chi connectivity index (χ3n) is 7.25. The maximum atomic E-state index is 12.6. The molecule has 0 spiro atoms. The molecule has 2 heterocycles. The Bertz CT molecular complexity index is 1190. The number of aromatic nitrogens is 1. The quantitative estimate of drug-likeness (QED) is 0.287. The smallest absolute Gasteiger partial charge is 0.227 e. The fourth-order valence-corrected chi connectivity index (χ4v) is 5.95. The van der Waals surface area contributed by atoms with E-state index >= 15 is 0 Å². The fourth-order valence-electron chi connectivity index (χ4n) is 5.04. The van der Waals surface area contributed by atoms with Crippen molar-refractivity contribution >= 4 is 29.1 Å². The van der Waals surface area contributed by atoms with Gasteiger partial charge in [-0.05, 0) is 94.2 Å². The van der Waals surface area contributed by atoms with Crippen LogP contribution in [0, 0.1) is 5.92 Å². The van der Waals surface area contributed by atoms with Gasteiger partial charge >= 0.3 is 0 Å². The lowest BCUT2D eigenvalue weighted by Gasteiger charge is -2.35. The first-order valence-electron chi connectivity index (χ1n) is 14.2. The number of thioether (sulfide) groups is 1. The maximum Gasteiger partial charge on any atom is 0.227 e. The van der Waals surface area contributed by atoms with Gasteiger partial charge in [-0.25, -0.2) is 0 Å². The zero-order valence-electron chi connectivity index (χ0n) is 25.1. The number of hydrogen-bond acceptors (Lipinski definition) is 5. The van der Waals surface area contributed by atoms with Gasteiger partial charge in [0.25, 0.3) is 0 Å². The third-order valence-corrected chi connectivity index (χ3v) is 8.09. The summed E-state index contributed by atoms with van der Waals surface area (Å²) in [5.74, 6) is 1.67. The van der Waals surface area contributed by atoms with Crippen LogP contribution in [0.1, 0.15) is 78.0 Å². The molecule has 1 aromatic heterocycles. The predicted octanol–water partition coefficient (Wildman–Crippen LogP) is 7.09. The average molecular weight is 554 g/mol. The molecule has 1 N–H and O–H groups in total. The van der Waals surface area contributed by atoms with E-state index < -0.39 is 0 Å². The lowest BCUT2D eigenvalue weighted by atomic mass is 9.94. The van der Waals surface area contributed by atoms with E-state index in [1.807, 2.05) is 25.6 Å². The second kappa shape index (κ2) is 13.7. The van der Waals surface area contributed by atoms with Crippen LogP contribution in [0.15, 0.2) is 29.8 Å². The highest BCUT2D eigenvalue weighted by atomic mass is 32.2. The van der Waals surface area contributed by atoms with Crippen LogP contribution in [0.4, 0.5) is 5.69 Å². The molecule has 6 nitrogen and oxygen atoms in total. The first-order chi connectivity index (χ1) is 18.5. The van der Waals surface area contributed by atoms with Gasteiger partial charge in [0.05, 0.1) is 25.0 Å². The van der Waals surface area contributed by atoms with E-state index in [9.17, 15) is 9.59 Å². The van der Waals surface area contributed by atoms with Gasteiger partial charge in [-0.1, -0.05) is 26.8 Å². The Morgan fingerprint density at radius 2 is 2.00 bits per heavy atom. The fraction of sp³-hybridized carbons (Fsp3) is 0.562. The Balaban J connectivity index is 1.98. The summed E-state index contributed by atoms with van der Waals surface area (Å²) >= 11 is 1.83. The van der Waals surface area contributed by atoms with Gasteiger partial charge in [0.15, 0.2) is 0 Å². The van der Waals surface area contributed by atoms with Gasteiger partial charge in [0.2, 0.25) is 5.91 Å². The molecule has 7 heteroatoms. The summed E-state index contributed by atoms with van der Waals surface area (Å²) in [6.07, 6.45) is 8.43. The van der Waals surface area contributed by atoms with E-state index in [1.165, 1.54) is 27.9 Å². The van der Waals surface area contributed by atoms with Crippen LogP contribution in [-0.2, 0) is 34.7 Å². The van der Waals surface area contributed by atoms with Crippen molar-refractivity contribution in [3.8, 4) is 17.0 Å². The van der Waals surface area contributed by atoms with Gasteiger partial charge in [0, 0.05) is 35.5 Å². The average Bonchev–Trinajstić information content (AvgIpc) is 3.22. The molecule has 1 aromatic carbocycles. The van der Waals surface area contributed by atoms with E-state index in [0.29, 0.717) is 12.3 Å². The lowest BCUT2D eigenvalue weighted by Crippen LogP contribution is -2.44. The topological polar surface area (TPSA) is 63.6 Å². The van der Waals surface area contributed by atoms with Crippen molar-refractivity contribution in [2.75, 3.05) is 25.5 Å². The molecule has 214 valence electrons. The summed E-state index contributed by atoms with van der Waals surface area (Å²) in [6, 6.07) is 4.20. The predicted molar refractivity (Wildman–Crippen MR) is 165 cm³/mol. The van der Waals surface area contributed by atoms with Crippen LogP contribution in [0.2, 0.25) is 0 Å². The third kappa shape index (κ3) is 8.01. The number of nitrogens with zero attached hydrogens (tertiary/aromatic N) is 2. The van der Waals surface area contributed by atoms with Crippen LogP contribution >= 0.6 is 11.8 Å². The number of anilines is 1. The Labute approximate surface area is 239 Å². The standard InChI is InChI=1S/C32H47N3O3S/c1-9-10-16-39-21-27-25(12-11-14-35(19-23(4)36)32(5,6)7)20-34-15-13-24-17-29(38-8)28(18-26(24)30(27)34)33-31(37)22(2)3/h10,16-18,20,22H,9,11-15,19,21H2,1-8H3,(H,33,37). The van der Waals surface area contributed by atoms with Gasteiger partial charge in [-0.3, -0.25) is 14.5 Å². The molecule has 0 aliphatic carbocycles. The van der Waals surface area contributed by atoms with Crippen molar-refractivity contribution in [1.29, 1.82) is 0 Å². The molecule has 1 aliphatic heterocycles. The van der Waals surface area contributed by atoms with Crippen molar-refractivity contribution in [3.63, 3.8) is 0 Å². The first-order valence-corrected chi connectivity index (χ1v) is 15.2. The summed E-state index contributed by atoms with van der Waals surface area (Å²) < 4.78 is 8.07. The number of nitrogens with one attached hydrogen (secondary N) is 1.